The molecule has 2 aliphatic heterocycles. The molecule has 2 aromatic rings. The van der Waals surface area contributed by atoms with Crippen LogP contribution in [0, 0.1) is 5.92 Å². The van der Waals surface area contributed by atoms with Crippen LogP contribution in [-0.2, 0) is 22.4 Å². The van der Waals surface area contributed by atoms with Gasteiger partial charge in [-0.3, -0.25) is 19.4 Å². The first-order valence-electron chi connectivity index (χ1n) is 10.9. The van der Waals surface area contributed by atoms with E-state index in [1.54, 1.807) is 14.7 Å². The Labute approximate surface area is 180 Å². The molecule has 8 nitrogen and oxygen atoms in total. The highest BCUT2D eigenvalue weighted by Crippen LogP contribution is 2.31. The zero-order valence-corrected chi connectivity index (χ0v) is 17.4. The average Bonchev–Trinajstić information content (AvgIpc) is 3.44. The van der Waals surface area contributed by atoms with Crippen molar-refractivity contribution in [3.05, 3.63) is 53.6 Å². The Bertz CT molecular complexity index is 1020. The molecule has 5 rings (SSSR count). The SMILES string of the molecule is O=C(c1cnccn1)N1CCN(C(=O)C2CC(=O)N(c3ccc4c(c3)CCC4)C2)CC1. The highest BCUT2D eigenvalue weighted by molar-refractivity contribution is 6.00. The summed E-state index contributed by atoms with van der Waals surface area (Å²) in [7, 11) is 0. The van der Waals surface area contributed by atoms with E-state index in [4.69, 9.17) is 0 Å². The Morgan fingerprint density at radius 3 is 2.52 bits per heavy atom. The minimum Gasteiger partial charge on any atom is -0.339 e. The van der Waals surface area contributed by atoms with E-state index in [9.17, 15) is 14.4 Å². The van der Waals surface area contributed by atoms with Gasteiger partial charge < -0.3 is 14.7 Å². The zero-order chi connectivity index (χ0) is 21.4. The fourth-order valence-electron chi connectivity index (χ4n) is 4.81. The highest BCUT2D eigenvalue weighted by Gasteiger charge is 2.38. The first-order valence-corrected chi connectivity index (χ1v) is 10.9. The summed E-state index contributed by atoms with van der Waals surface area (Å²) in [6.45, 7) is 2.27. The maximum Gasteiger partial charge on any atom is 0.274 e. The molecule has 0 N–H and O–H groups in total. The summed E-state index contributed by atoms with van der Waals surface area (Å²) in [5, 5.41) is 0. The molecule has 0 spiro atoms. The number of carbonyl (C=O) groups is 3. The second-order valence-electron chi connectivity index (χ2n) is 8.42. The van der Waals surface area contributed by atoms with Crippen LogP contribution in [0.15, 0.2) is 36.8 Å². The van der Waals surface area contributed by atoms with Gasteiger partial charge >= 0.3 is 0 Å². The van der Waals surface area contributed by atoms with Crippen molar-refractivity contribution in [1.29, 1.82) is 0 Å². The monoisotopic (exact) mass is 419 g/mol. The van der Waals surface area contributed by atoms with Gasteiger partial charge in [-0.05, 0) is 42.5 Å². The third-order valence-corrected chi connectivity index (χ3v) is 6.53. The molecule has 3 aliphatic rings. The standard InChI is InChI=1S/C23H25N5O3/c29-21-13-18(15-28(21)19-5-4-16-2-1-3-17(16)12-19)22(30)26-8-10-27(11-9-26)23(31)20-14-24-6-7-25-20/h4-7,12,14,18H,1-3,8-11,13,15H2. The van der Waals surface area contributed by atoms with E-state index in [0.29, 0.717) is 38.4 Å². The molecule has 1 aromatic heterocycles. The van der Waals surface area contributed by atoms with Gasteiger partial charge in [0.05, 0.1) is 12.1 Å². The average molecular weight is 419 g/mol. The van der Waals surface area contributed by atoms with Gasteiger partial charge in [0.1, 0.15) is 5.69 Å². The van der Waals surface area contributed by atoms with Crippen molar-refractivity contribution in [2.75, 3.05) is 37.6 Å². The Balaban J connectivity index is 1.20. The number of piperazine rings is 1. The number of carbonyl (C=O) groups excluding carboxylic acids is 3. The number of anilines is 1. The van der Waals surface area contributed by atoms with Crippen molar-refractivity contribution in [2.24, 2.45) is 5.92 Å². The minimum atomic E-state index is -0.331. The van der Waals surface area contributed by atoms with Crippen molar-refractivity contribution in [3.63, 3.8) is 0 Å². The maximum atomic E-state index is 13.1. The molecule has 3 heterocycles. The number of nitrogens with zero attached hydrogens (tertiary/aromatic N) is 5. The predicted octanol–water partition coefficient (Wildman–Crippen LogP) is 1.30. The van der Waals surface area contributed by atoms with Crippen LogP contribution in [-0.4, -0.2) is 70.2 Å². The summed E-state index contributed by atoms with van der Waals surface area (Å²) in [5.74, 6) is -0.488. The molecule has 3 amide bonds. The summed E-state index contributed by atoms with van der Waals surface area (Å²) in [5.41, 5.74) is 3.91. The van der Waals surface area contributed by atoms with Crippen LogP contribution >= 0.6 is 0 Å². The van der Waals surface area contributed by atoms with Crippen molar-refractivity contribution in [2.45, 2.75) is 25.7 Å². The lowest BCUT2D eigenvalue weighted by Crippen LogP contribution is -2.52. The largest absolute Gasteiger partial charge is 0.339 e. The second-order valence-corrected chi connectivity index (χ2v) is 8.42. The molecule has 0 radical (unpaired) electrons. The van der Waals surface area contributed by atoms with Crippen molar-refractivity contribution < 1.29 is 14.4 Å². The van der Waals surface area contributed by atoms with E-state index < -0.39 is 0 Å². The molecule has 2 fully saturated rings. The molecular weight excluding hydrogens is 394 g/mol. The number of hydrogen-bond donors (Lipinski definition) is 0. The molecule has 1 atom stereocenters. The van der Waals surface area contributed by atoms with Crippen LogP contribution in [0.3, 0.4) is 0 Å². The summed E-state index contributed by atoms with van der Waals surface area (Å²) < 4.78 is 0. The van der Waals surface area contributed by atoms with Gasteiger partial charge in [0.15, 0.2) is 0 Å². The van der Waals surface area contributed by atoms with E-state index >= 15 is 0 Å². The lowest BCUT2D eigenvalue weighted by atomic mass is 10.1. The van der Waals surface area contributed by atoms with Crippen LogP contribution in [0.25, 0.3) is 0 Å². The number of fused-ring (bicyclic) bond motifs is 1. The lowest BCUT2D eigenvalue weighted by Gasteiger charge is -2.35. The number of amides is 3. The molecule has 160 valence electrons. The molecule has 8 heteroatoms. The fourth-order valence-corrected chi connectivity index (χ4v) is 4.81. The number of hydrogen-bond acceptors (Lipinski definition) is 5. The Morgan fingerprint density at radius 1 is 0.968 bits per heavy atom. The topological polar surface area (TPSA) is 86.7 Å². The molecule has 1 aromatic carbocycles. The van der Waals surface area contributed by atoms with Crippen molar-refractivity contribution in [3.8, 4) is 0 Å². The van der Waals surface area contributed by atoms with Gasteiger partial charge in [0, 0.05) is 57.2 Å². The molecule has 2 saturated heterocycles. The van der Waals surface area contributed by atoms with Crippen LogP contribution < -0.4 is 4.90 Å². The normalized spacial score (nSPS) is 20.8. The summed E-state index contributed by atoms with van der Waals surface area (Å²) >= 11 is 0. The first kappa shape index (κ1) is 19.7. The minimum absolute atomic E-state index is 0.00334. The predicted molar refractivity (Wildman–Crippen MR) is 113 cm³/mol. The smallest absolute Gasteiger partial charge is 0.274 e. The van der Waals surface area contributed by atoms with Crippen LogP contribution in [0.1, 0.15) is 34.5 Å². The van der Waals surface area contributed by atoms with Crippen molar-refractivity contribution >= 4 is 23.4 Å². The number of benzene rings is 1. The van der Waals surface area contributed by atoms with Crippen LogP contribution in [0.5, 0.6) is 0 Å². The van der Waals surface area contributed by atoms with E-state index in [1.165, 1.54) is 36.1 Å². The lowest BCUT2D eigenvalue weighted by molar-refractivity contribution is -0.137. The van der Waals surface area contributed by atoms with Gasteiger partial charge in [-0.25, -0.2) is 4.98 Å². The van der Waals surface area contributed by atoms with Gasteiger partial charge in [0.2, 0.25) is 11.8 Å². The summed E-state index contributed by atoms with van der Waals surface area (Å²) in [4.78, 5) is 51.5. The fraction of sp³-hybridized carbons (Fsp3) is 0.435. The first-order chi connectivity index (χ1) is 15.1. The number of rotatable bonds is 3. The van der Waals surface area contributed by atoms with Crippen LogP contribution in [0.2, 0.25) is 0 Å². The summed E-state index contributed by atoms with van der Waals surface area (Å²) in [6, 6.07) is 6.24. The maximum absolute atomic E-state index is 13.1. The molecule has 1 unspecified atom stereocenters. The van der Waals surface area contributed by atoms with Crippen molar-refractivity contribution in [1.82, 2.24) is 19.8 Å². The highest BCUT2D eigenvalue weighted by atomic mass is 16.2. The van der Waals surface area contributed by atoms with Gasteiger partial charge in [-0.1, -0.05) is 6.07 Å². The van der Waals surface area contributed by atoms with E-state index in [0.717, 1.165) is 18.5 Å². The number of aryl methyl sites for hydroxylation is 2. The van der Waals surface area contributed by atoms with Gasteiger partial charge in [-0.2, -0.15) is 0 Å². The Kier molecular flexibility index (Phi) is 5.13. The van der Waals surface area contributed by atoms with E-state index in [-0.39, 0.29) is 30.1 Å². The van der Waals surface area contributed by atoms with E-state index in [2.05, 4.69) is 22.1 Å². The zero-order valence-electron chi connectivity index (χ0n) is 17.4. The van der Waals surface area contributed by atoms with Gasteiger partial charge in [0.25, 0.3) is 5.91 Å². The quantitative estimate of drug-likeness (QED) is 0.749. The Hall–Kier alpha value is -3.29. The Morgan fingerprint density at radius 2 is 1.74 bits per heavy atom. The third kappa shape index (κ3) is 3.78. The van der Waals surface area contributed by atoms with Crippen LogP contribution in [0.4, 0.5) is 5.69 Å². The molecule has 31 heavy (non-hydrogen) atoms. The second kappa shape index (κ2) is 8.09. The number of aromatic nitrogens is 2. The van der Waals surface area contributed by atoms with E-state index in [1.807, 2.05) is 6.07 Å². The molecule has 1 aliphatic carbocycles. The third-order valence-electron chi connectivity index (χ3n) is 6.53. The molecule has 0 saturated carbocycles. The van der Waals surface area contributed by atoms with Gasteiger partial charge in [-0.15, -0.1) is 0 Å². The molecule has 0 bridgehead atoms. The summed E-state index contributed by atoms with van der Waals surface area (Å²) in [6.07, 6.45) is 8.06. The molecular formula is C23H25N5O3.